The van der Waals surface area contributed by atoms with E-state index in [9.17, 15) is 4.79 Å². The van der Waals surface area contributed by atoms with E-state index in [-0.39, 0.29) is 6.03 Å². The Morgan fingerprint density at radius 1 is 1.00 bits per heavy atom. The summed E-state index contributed by atoms with van der Waals surface area (Å²) in [6.45, 7) is 4.30. The van der Waals surface area contributed by atoms with Gasteiger partial charge in [-0.15, -0.1) is 0 Å². The quantitative estimate of drug-likeness (QED) is 0.888. The minimum Gasteiger partial charge on any atom is -0.486 e. The van der Waals surface area contributed by atoms with E-state index in [0.717, 1.165) is 29.0 Å². The van der Waals surface area contributed by atoms with Gasteiger partial charge in [0.15, 0.2) is 11.5 Å². The summed E-state index contributed by atoms with van der Waals surface area (Å²) in [5, 5.41) is 5.74. The van der Waals surface area contributed by atoms with Crippen LogP contribution in [-0.4, -0.2) is 25.8 Å². The Hall–Kier alpha value is -2.69. The Kier molecular flexibility index (Phi) is 5.21. The molecule has 0 unspecified atom stereocenters. The second-order valence-electron chi connectivity index (χ2n) is 5.83. The Morgan fingerprint density at radius 2 is 1.83 bits per heavy atom. The summed E-state index contributed by atoms with van der Waals surface area (Å²) in [7, 11) is 0. The van der Waals surface area contributed by atoms with Gasteiger partial charge in [-0.25, -0.2) is 4.79 Å². The van der Waals surface area contributed by atoms with Crippen molar-refractivity contribution in [2.75, 3.05) is 19.8 Å². The van der Waals surface area contributed by atoms with Gasteiger partial charge in [-0.05, 0) is 36.6 Å². The number of fused-ring (bicyclic) bond motifs is 1. The third-order valence-electron chi connectivity index (χ3n) is 3.84. The highest BCUT2D eigenvalue weighted by molar-refractivity contribution is 5.73. The molecule has 0 bridgehead atoms. The highest BCUT2D eigenvalue weighted by atomic mass is 16.6. The van der Waals surface area contributed by atoms with Gasteiger partial charge in [-0.3, -0.25) is 0 Å². The molecule has 1 heterocycles. The normalized spacial score (nSPS) is 12.5. The summed E-state index contributed by atoms with van der Waals surface area (Å²) in [4.78, 5) is 11.9. The first-order chi connectivity index (χ1) is 11.7. The second kappa shape index (κ2) is 7.73. The van der Waals surface area contributed by atoms with Crippen molar-refractivity contribution in [3.63, 3.8) is 0 Å². The minimum absolute atomic E-state index is 0.158. The van der Waals surface area contributed by atoms with Crippen LogP contribution in [0.25, 0.3) is 0 Å². The molecule has 24 heavy (non-hydrogen) atoms. The van der Waals surface area contributed by atoms with Gasteiger partial charge in [0.25, 0.3) is 0 Å². The van der Waals surface area contributed by atoms with Crippen LogP contribution in [0, 0.1) is 6.92 Å². The van der Waals surface area contributed by atoms with Gasteiger partial charge < -0.3 is 20.1 Å². The first kappa shape index (κ1) is 16.2. The van der Waals surface area contributed by atoms with Crippen molar-refractivity contribution in [3.05, 3.63) is 59.2 Å². The number of hydrogen-bond acceptors (Lipinski definition) is 3. The van der Waals surface area contributed by atoms with Crippen molar-refractivity contribution in [1.82, 2.24) is 10.6 Å². The zero-order chi connectivity index (χ0) is 16.8. The molecule has 0 spiro atoms. The third kappa shape index (κ3) is 4.41. The Morgan fingerprint density at radius 3 is 2.67 bits per heavy atom. The fourth-order valence-electron chi connectivity index (χ4n) is 2.63. The van der Waals surface area contributed by atoms with Gasteiger partial charge in [0.05, 0.1) is 0 Å². The number of aryl methyl sites for hydroxylation is 1. The van der Waals surface area contributed by atoms with Crippen molar-refractivity contribution in [2.24, 2.45) is 0 Å². The van der Waals surface area contributed by atoms with Crippen molar-refractivity contribution in [2.45, 2.75) is 19.9 Å². The van der Waals surface area contributed by atoms with E-state index in [2.05, 4.69) is 16.7 Å². The van der Waals surface area contributed by atoms with E-state index in [4.69, 9.17) is 9.47 Å². The molecule has 5 nitrogen and oxygen atoms in total. The van der Waals surface area contributed by atoms with Gasteiger partial charge in [-0.2, -0.15) is 0 Å². The number of amides is 2. The molecule has 0 fully saturated rings. The second-order valence-corrected chi connectivity index (χ2v) is 5.83. The maximum atomic E-state index is 11.9. The molecule has 2 amide bonds. The van der Waals surface area contributed by atoms with Crippen LogP contribution in [0.3, 0.4) is 0 Å². The molecule has 0 saturated heterocycles. The van der Waals surface area contributed by atoms with Crippen molar-refractivity contribution in [3.8, 4) is 11.5 Å². The van der Waals surface area contributed by atoms with Crippen LogP contribution < -0.4 is 20.1 Å². The number of carbonyl (C=O) groups excluding carboxylic acids is 1. The predicted molar refractivity (Wildman–Crippen MR) is 92.6 cm³/mol. The molecule has 3 rings (SSSR count). The lowest BCUT2D eigenvalue weighted by molar-refractivity contribution is 0.171. The molecule has 0 saturated carbocycles. The number of hydrogen-bond donors (Lipinski definition) is 2. The molecular formula is C19H22N2O3. The SMILES string of the molecule is Cc1cccc(CNC(=O)NCCc2ccc3c(c2)OCCO3)c1. The number of nitrogens with one attached hydrogen (secondary N) is 2. The van der Waals surface area contributed by atoms with Crippen LogP contribution in [0.15, 0.2) is 42.5 Å². The highest BCUT2D eigenvalue weighted by Gasteiger charge is 2.11. The molecule has 2 aromatic rings. The van der Waals surface area contributed by atoms with Crippen LogP contribution in [0.1, 0.15) is 16.7 Å². The summed E-state index contributed by atoms with van der Waals surface area (Å²) in [6.07, 6.45) is 0.745. The molecular weight excluding hydrogens is 304 g/mol. The fraction of sp³-hybridized carbons (Fsp3) is 0.316. The summed E-state index contributed by atoms with van der Waals surface area (Å²) in [5.74, 6) is 1.57. The average molecular weight is 326 g/mol. The van der Waals surface area contributed by atoms with E-state index in [1.54, 1.807) is 0 Å². The number of ether oxygens (including phenoxy) is 2. The van der Waals surface area contributed by atoms with Crippen molar-refractivity contribution >= 4 is 6.03 Å². The topological polar surface area (TPSA) is 59.6 Å². The molecule has 0 radical (unpaired) electrons. The van der Waals surface area contributed by atoms with E-state index in [1.807, 2.05) is 43.3 Å². The molecule has 2 N–H and O–H groups in total. The van der Waals surface area contributed by atoms with Crippen LogP contribution in [0.4, 0.5) is 4.79 Å². The lowest BCUT2D eigenvalue weighted by Gasteiger charge is -2.18. The maximum absolute atomic E-state index is 11.9. The molecule has 0 aromatic heterocycles. The van der Waals surface area contributed by atoms with E-state index < -0.39 is 0 Å². The Balaban J connectivity index is 1.42. The molecule has 0 atom stereocenters. The highest BCUT2D eigenvalue weighted by Crippen LogP contribution is 2.30. The van der Waals surface area contributed by atoms with Crippen molar-refractivity contribution < 1.29 is 14.3 Å². The number of benzene rings is 2. The summed E-state index contributed by atoms with van der Waals surface area (Å²) < 4.78 is 11.1. The zero-order valence-corrected chi connectivity index (χ0v) is 13.8. The molecule has 2 aromatic carbocycles. The Bertz CT molecular complexity index is 716. The zero-order valence-electron chi connectivity index (χ0n) is 13.8. The van der Waals surface area contributed by atoms with E-state index in [0.29, 0.717) is 26.3 Å². The van der Waals surface area contributed by atoms with Crippen LogP contribution in [-0.2, 0) is 13.0 Å². The number of carbonyl (C=O) groups is 1. The summed E-state index contributed by atoms with van der Waals surface area (Å²) in [5.41, 5.74) is 3.39. The molecule has 5 heteroatoms. The van der Waals surface area contributed by atoms with Gasteiger partial charge in [0.2, 0.25) is 0 Å². The maximum Gasteiger partial charge on any atom is 0.315 e. The average Bonchev–Trinajstić information content (AvgIpc) is 2.60. The Labute approximate surface area is 142 Å². The van der Waals surface area contributed by atoms with E-state index in [1.165, 1.54) is 5.56 Å². The largest absolute Gasteiger partial charge is 0.486 e. The van der Waals surface area contributed by atoms with Crippen molar-refractivity contribution in [1.29, 1.82) is 0 Å². The summed E-state index contributed by atoms with van der Waals surface area (Å²) >= 11 is 0. The molecule has 1 aliphatic rings. The first-order valence-corrected chi connectivity index (χ1v) is 8.16. The van der Waals surface area contributed by atoms with Crippen LogP contribution >= 0.6 is 0 Å². The lowest BCUT2D eigenvalue weighted by atomic mass is 10.1. The van der Waals surface area contributed by atoms with Gasteiger partial charge in [0.1, 0.15) is 13.2 Å². The molecule has 0 aliphatic carbocycles. The van der Waals surface area contributed by atoms with Gasteiger partial charge in [-0.1, -0.05) is 35.9 Å². The van der Waals surface area contributed by atoms with Gasteiger partial charge in [0, 0.05) is 13.1 Å². The van der Waals surface area contributed by atoms with Crippen LogP contribution in [0.5, 0.6) is 11.5 Å². The smallest absolute Gasteiger partial charge is 0.315 e. The minimum atomic E-state index is -0.158. The lowest BCUT2D eigenvalue weighted by Crippen LogP contribution is -2.36. The standard InChI is InChI=1S/C19H22N2O3/c1-14-3-2-4-16(11-14)13-21-19(22)20-8-7-15-5-6-17-18(12-15)24-10-9-23-17/h2-6,11-12H,7-10,13H2,1H3,(H2,20,21,22). The molecule has 1 aliphatic heterocycles. The van der Waals surface area contributed by atoms with Gasteiger partial charge >= 0.3 is 6.03 Å². The molecule has 126 valence electrons. The van der Waals surface area contributed by atoms with E-state index >= 15 is 0 Å². The monoisotopic (exact) mass is 326 g/mol. The summed E-state index contributed by atoms with van der Waals surface area (Å²) in [6, 6.07) is 13.8. The van der Waals surface area contributed by atoms with Crippen LogP contribution in [0.2, 0.25) is 0 Å². The first-order valence-electron chi connectivity index (χ1n) is 8.16. The number of urea groups is 1. The number of rotatable bonds is 5. The predicted octanol–water partition coefficient (Wildman–Crippen LogP) is 2.81. The third-order valence-corrected chi connectivity index (χ3v) is 3.84. The fourth-order valence-corrected chi connectivity index (χ4v) is 2.63.